The standard InChI is InChI=1S/C11H20N2O4/c1-8(17-3)7-12-10(16)13-6-4-5-11(13,2)9(14)15/h8H,4-7H2,1-3H3,(H,12,16)(H,14,15). The Morgan fingerprint density at radius 3 is 2.76 bits per heavy atom. The molecule has 0 radical (unpaired) electrons. The van der Waals surface area contributed by atoms with E-state index in [2.05, 4.69) is 5.32 Å². The Balaban J connectivity index is 2.60. The highest BCUT2D eigenvalue weighted by Gasteiger charge is 2.45. The first-order chi connectivity index (χ1) is 7.91. The van der Waals surface area contributed by atoms with E-state index in [0.717, 1.165) is 6.42 Å². The first-order valence-electron chi connectivity index (χ1n) is 5.73. The summed E-state index contributed by atoms with van der Waals surface area (Å²) in [7, 11) is 1.56. The van der Waals surface area contributed by atoms with Crippen molar-refractivity contribution >= 4 is 12.0 Å². The zero-order valence-corrected chi connectivity index (χ0v) is 10.5. The van der Waals surface area contributed by atoms with Crippen molar-refractivity contribution in [3.8, 4) is 0 Å². The number of carbonyl (C=O) groups excluding carboxylic acids is 1. The molecule has 0 aromatic carbocycles. The molecule has 1 heterocycles. The summed E-state index contributed by atoms with van der Waals surface area (Å²) in [5.74, 6) is -0.954. The van der Waals surface area contributed by atoms with Crippen LogP contribution in [0.5, 0.6) is 0 Å². The molecule has 1 saturated heterocycles. The number of nitrogens with one attached hydrogen (secondary N) is 1. The van der Waals surface area contributed by atoms with Crippen molar-refractivity contribution in [2.75, 3.05) is 20.2 Å². The van der Waals surface area contributed by atoms with E-state index >= 15 is 0 Å². The lowest BCUT2D eigenvalue weighted by atomic mass is 10.00. The van der Waals surface area contributed by atoms with Gasteiger partial charge in [0.05, 0.1) is 6.10 Å². The van der Waals surface area contributed by atoms with Gasteiger partial charge in [0.25, 0.3) is 0 Å². The number of carboxylic acids is 1. The third kappa shape index (κ3) is 2.88. The van der Waals surface area contributed by atoms with E-state index in [4.69, 9.17) is 9.84 Å². The molecule has 0 aliphatic carbocycles. The molecule has 6 nitrogen and oxygen atoms in total. The van der Waals surface area contributed by atoms with Gasteiger partial charge in [0, 0.05) is 20.2 Å². The maximum atomic E-state index is 11.9. The second kappa shape index (κ2) is 5.35. The summed E-state index contributed by atoms with van der Waals surface area (Å²) >= 11 is 0. The van der Waals surface area contributed by atoms with Crippen LogP contribution in [0, 0.1) is 0 Å². The number of carbonyl (C=O) groups is 2. The minimum absolute atomic E-state index is 0.0855. The maximum Gasteiger partial charge on any atom is 0.329 e. The van der Waals surface area contributed by atoms with E-state index in [1.54, 1.807) is 14.0 Å². The fourth-order valence-electron chi connectivity index (χ4n) is 1.92. The van der Waals surface area contributed by atoms with E-state index in [-0.39, 0.29) is 12.1 Å². The zero-order chi connectivity index (χ0) is 13.1. The number of rotatable bonds is 4. The molecule has 0 aromatic rings. The molecule has 6 heteroatoms. The van der Waals surface area contributed by atoms with Crippen LogP contribution in [0.1, 0.15) is 26.7 Å². The van der Waals surface area contributed by atoms with Crippen molar-refractivity contribution in [1.29, 1.82) is 0 Å². The van der Waals surface area contributed by atoms with Gasteiger partial charge in [-0.05, 0) is 26.7 Å². The molecule has 0 bridgehead atoms. The van der Waals surface area contributed by atoms with Gasteiger partial charge in [-0.3, -0.25) is 0 Å². The highest BCUT2D eigenvalue weighted by molar-refractivity contribution is 5.86. The molecular formula is C11H20N2O4. The van der Waals surface area contributed by atoms with Crippen molar-refractivity contribution in [2.24, 2.45) is 0 Å². The summed E-state index contributed by atoms with van der Waals surface area (Å²) in [5.41, 5.74) is -1.08. The van der Waals surface area contributed by atoms with Gasteiger partial charge in [-0.25, -0.2) is 9.59 Å². The second-order valence-corrected chi connectivity index (χ2v) is 4.57. The number of likely N-dealkylation sites (tertiary alicyclic amines) is 1. The van der Waals surface area contributed by atoms with Gasteiger partial charge in [-0.2, -0.15) is 0 Å². The molecule has 1 aliphatic rings. The van der Waals surface area contributed by atoms with Crippen molar-refractivity contribution < 1.29 is 19.4 Å². The molecule has 1 aliphatic heterocycles. The van der Waals surface area contributed by atoms with Crippen LogP contribution in [0.25, 0.3) is 0 Å². The normalized spacial score (nSPS) is 25.7. The van der Waals surface area contributed by atoms with Gasteiger partial charge in [0.1, 0.15) is 5.54 Å². The molecule has 1 rings (SSSR count). The van der Waals surface area contributed by atoms with Gasteiger partial charge < -0.3 is 20.1 Å². The number of methoxy groups -OCH3 is 1. The van der Waals surface area contributed by atoms with E-state index in [1.165, 1.54) is 4.90 Å². The van der Waals surface area contributed by atoms with Crippen molar-refractivity contribution in [3.63, 3.8) is 0 Å². The van der Waals surface area contributed by atoms with E-state index in [1.807, 2.05) is 6.92 Å². The van der Waals surface area contributed by atoms with E-state index in [9.17, 15) is 9.59 Å². The van der Waals surface area contributed by atoms with E-state index < -0.39 is 11.5 Å². The molecule has 2 N–H and O–H groups in total. The van der Waals surface area contributed by atoms with Gasteiger partial charge in [0.15, 0.2) is 0 Å². The Labute approximate surface area is 101 Å². The Morgan fingerprint density at radius 2 is 2.24 bits per heavy atom. The fourth-order valence-corrected chi connectivity index (χ4v) is 1.92. The summed E-state index contributed by atoms with van der Waals surface area (Å²) in [6.07, 6.45) is 1.13. The average molecular weight is 244 g/mol. The Bertz CT molecular complexity index is 308. The number of urea groups is 1. The molecule has 98 valence electrons. The summed E-state index contributed by atoms with van der Waals surface area (Å²) < 4.78 is 5.01. The van der Waals surface area contributed by atoms with Gasteiger partial charge in [-0.1, -0.05) is 0 Å². The van der Waals surface area contributed by atoms with Crippen LogP contribution in [0.4, 0.5) is 4.79 Å². The third-order valence-corrected chi connectivity index (χ3v) is 3.29. The number of carboxylic acid groups (broad SMARTS) is 1. The summed E-state index contributed by atoms with van der Waals surface area (Å²) in [6, 6.07) is -0.337. The van der Waals surface area contributed by atoms with E-state index in [0.29, 0.717) is 19.5 Å². The molecular weight excluding hydrogens is 224 g/mol. The number of hydrogen-bond donors (Lipinski definition) is 2. The summed E-state index contributed by atoms with van der Waals surface area (Å²) in [4.78, 5) is 24.5. The van der Waals surface area contributed by atoms with Crippen LogP contribution in [0.2, 0.25) is 0 Å². The Hall–Kier alpha value is -1.30. The molecule has 2 atom stereocenters. The topological polar surface area (TPSA) is 78.9 Å². The maximum absolute atomic E-state index is 11.9. The average Bonchev–Trinajstić information content (AvgIpc) is 2.69. The Kier molecular flexibility index (Phi) is 4.34. The fraction of sp³-hybridized carbons (Fsp3) is 0.818. The van der Waals surface area contributed by atoms with Crippen LogP contribution < -0.4 is 5.32 Å². The number of ether oxygens (including phenoxy) is 1. The van der Waals surface area contributed by atoms with Gasteiger partial charge >= 0.3 is 12.0 Å². The van der Waals surface area contributed by atoms with Gasteiger partial charge in [-0.15, -0.1) is 0 Å². The molecule has 0 saturated carbocycles. The minimum Gasteiger partial charge on any atom is -0.480 e. The minimum atomic E-state index is -1.08. The first kappa shape index (κ1) is 13.8. The van der Waals surface area contributed by atoms with Crippen molar-refractivity contribution in [1.82, 2.24) is 10.2 Å². The third-order valence-electron chi connectivity index (χ3n) is 3.29. The van der Waals surface area contributed by atoms with Crippen molar-refractivity contribution in [3.05, 3.63) is 0 Å². The lowest BCUT2D eigenvalue weighted by molar-refractivity contribution is -0.147. The first-order valence-corrected chi connectivity index (χ1v) is 5.73. The quantitative estimate of drug-likeness (QED) is 0.762. The number of aliphatic carboxylic acids is 1. The van der Waals surface area contributed by atoms with Crippen LogP contribution in [-0.2, 0) is 9.53 Å². The number of nitrogens with zero attached hydrogens (tertiary/aromatic N) is 1. The molecule has 1 fully saturated rings. The van der Waals surface area contributed by atoms with Crippen LogP contribution in [0.15, 0.2) is 0 Å². The summed E-state index contributed by atoms with van der Waals surface area (Å²) in [5, 5.41) is 11.9. The predicted molar refractivity (Wildman–Crippen MR) is 61.9 cm³/mol. The lowest BCUT2D eigenvalue weighted by Gasteiger charge is -2.31. The van der Waals surface area contributed by atoms with Gasteiger partial charge in [0.2, 0.25) is 0 Å². The highest BCUT2D eigenvalue weighted by atomic mass is 16.5. The molecule has 0 spiro atoms. The SMILES string of the molecule is COC(C)CNC(=O)N1CCCC1(C)C(=O)O. The van der Waals surface area contributed by atoms with Crippen LogP contribution >= 0.6 is 0 Å². The number of amides is 2. The smallest absolute Gasteiger partial charge is 0.329 e. The molecule has 17 heavy (non-hydrogen) atoms. The van der Waals surface area contributed by atoms with Crippen molar-refractivity contribution in [2.45, 2.75) is 38.3 Å². The van der Waals surface area contributed by atoms with Crippen LogP contribution in [0.3, 0.4) is 0 Å². The zero-order valence-electron chi connectivity index (χ0n) is 10.5. The number of hydrogen-bond acceptors (Lipinski definition) is 3. The second-order valence-electron chi connectivity index (χ2n) is 4.57. The highest BCUT2D eigenvalue weighted by Crippen LogP contribution is 2.29. The molecule has 2 amide bonds. The Morgan fingerprint density at radius 1 is 1.59 bits per heavy atom. The molecule has 0 aromatic heterocycles. The molecule has 2 unspecified atom stereocenters. The lowest BCUT2D eigenvalue weighted by Crippen LogP contribution is -2.54. The summed E-state index contributed by atoms with van der Waals surface area (Å²) in [6.45, 7) is 4.28. The van der Waals surface area contributed by atoms with Crippen LogP contribution in [-0.4, -0.2) is 53.8 Å². The predicted octanol–water partition coefficient (Wildman–Crippen LogP) is 0.670. The largest absolute Gasteiger partial charge is 0.480 e. The monoisotopic (exact) mass is 244 g/mol.